The van der Waals surface area contributed by atoms with Gasteiger partial charge < -0.3 is 10.1 Å². The molecule has 0 bridgehead atoms. The lowest BCUT2D eigenvalue weighted by atomic mass is 10.2. The van der Waals surface area contributed by atoms with E-state index in [4.69, 9.17) is 0 Å². The number of fused-ring (bicyclic) bond motifs is 1. The van der Waals surface area contributed by atoms with Gasteiger partial charge in [0.15, 0.2) is 5.16 Å². The second-order valence-corrected chi connectivity index (χ2v) is 6.31. The number of esters is 1. The van der Waals surface area contributed by atoms with Gasteiger partial charge in [0.1, 0.15) is 6.54 Å². The molecule has 8 heteroatoms. The fourth-order valence-electron chi connectivity index (χ4n) is 2.20. The highest BCUT2D eigenvalue weighted by molar-refractivity contribution is 7.99. The number of para-hydroxylation sites is 1. The summed E-state index contributed by atoms with van der Waals surface area (Å²) in [7, 11) is 1.26. The van der Waals surface area contributed by atoms with E-state index in [9.17, 15) is 14.4 Å². The van der Waals surface area contributed by atoms with Gasteiger partial charge in [0.25, 0.3) is 5.56 Å². The van der Waals surface area contributed by atoms with Crippen LogP contribution in [0.2, 0.25) is 0 Å². The second kappa shape index (κ2) is 9.22. The number of nitrogens with one attached hydrogen (secondary N) is 1. The van der Waals surface area contributed by atoms with Gasteiger partial charge in [-0.3, -0.25) is 19.0 Å². The van der Waals surface area contributed by atoms with E-state index in [-0.39, 0.29) is 23.8 Å². The Labute approximate surface area is 149 Å². The average Bonchev–Trinajstić information content (AvgIpc) is 2.63. The van der Waals surface area contributed by atoms with E-state index in [0.717, 1.165) is 12.8 Å². The molecule has 2 aromatic rings. The topological polar surface area (TPSA) is 90.3 Å². The van der Waals surface area contributed by atoms with Crippen LogP contribution in [-0.4, -0.2) is 40.8 Å². The van der Waals surface area contributed by atoms with Crippen molar-refractivity contribution in [3.05, 3.63) is 34.6 Å². The van der Waals surface area contributed by atoms with E-state index in [1.807, 2.05) is 19.1 Å². The molecule has 7 nitrogen and oxygen atoms in total. The van der Waals surface area contributed by atoms with Crippen molar-refractivity contribution >= 4 is 34.5 Å². The fourth-order valence-corrected chi connectivity index (χ4v) is 3.05. The van der Waals surface area contributed by atoms with Crippen molar-refractivity contribution in [2.75, 3.05) is 19.4 Å². The fraction of sp³-hybridized carbons (Fsp3) is 0.412. The van der Waals surface area contributed by atoms with E-state index < -0.39 is 5.97 Å². The first-order valence-electron chi connectivity index (χ1n) is 8.02. The Bertz CT molecular complexity index is 819. The number of amides is 1. The summed E-state index contributed by atoms with van der Waals surface area (Å²) in [4.78, 5) is 40.1. The van der Waals surface area contributed by atoms with Gasteiger partial charge in [-0.2, -0.15) is 0 Å². The van der Waals surface area contributed by atoms with Gasteiger partial charge in [0, 0.05) is 6.54 Å². The average molecular weight is 363 g/mol. The minimum atomic E-state index is -0.512. The monoisotopic (exact) mass is 363 g/mol. The Balaban J connectivity index is 2.19. The number of benzene rings is 1. The number of unbranched alkanes of at least 4 members (excludes halogenated alkanes) is 1. The largest absolute Gasteiger partial charge is 0.468 e. The zero-order valence-corrected chi connectivity index (χ0v) is 15.1. The number of rotatable bonds is 8. The van der Waals surface area contributed by atoms with Crippen LogP contribution in [0.3, 0.4) is 0 Å². The molecule has 0 saturated carbocycles. The molecule has 1 N–H and O–H groups in total. The first-order chi connectivity index (χ1) is 12.1. The lowest BCUT2D eigenvalue weighted by Gasteiger charge is -2.12. The van der Waals surface area contributed by atoms with Crippen LogP contribution in [0.4, 0.5) is 0 Å². The van der Waals surface area contributed by atoms with Gasteiger partial charge in [0.2, 0.25) is 5.91 Å². The zero-order valence-electron chi connectivity index (χ0n) is 14.3. The van der Waals surface area contributed by atoms with Crippen LogP contribution < -0.4 is 10.9 Å². The Morgan fingerprint density at radius 2 is 2.08 bits per heavy atom. The van der Waals surface area contributed by atoms with Crippen molar-refractivity contribution in [3.63, 3.8) is 0 Å². The molecule has 0 aliphatic carbocycles. The summed E-state index contributed by atoms with van der Waals surface area (Å²) in [5.41, 5.74) is 0.509. The predicted octanol–water partition coefficient (Wildman–Crippen LogP) is 1.58. The number of aromatic nitrogens is 2. The number of methoxy groups -OCH3 is 1. The summed E-state index contributed by atoms with van der Waals surface area (Å²) in [5, 5.41) is 3.54. The second-order valence-electron chi connectivity index (χ2n) is 5.36. The van der Waals surface area contributed by atoms with Crippen LogP contribution in [0.5, 0.6) is 0 Å². The molecular weight excluding hydrogens is 342 g/mol. The highest BCUT2D eigenvalue weighted by atomic mass is 32.2. The number of carbonyl (C=O) groups excluding carboxylic acids is 2. The first-order valence-corrected chi connectivity index (χ1v) is 9.01. The predicted molar refractivity (Wildman–Crippen MR) is 96.7 cm³/mol. The summed E-state index contributed by atoms with van der Waals surface area (Å²) in [6.45, 7) is 2.43. The number of nitrogens with zero attached hydrogens (tertiary/aromatic N) is 2. The van der Waals surface area contributed by atoms with Crippen LogP contribution in [0.1, 0.15) is 19.8 Å². The van der Waals surface area contributed by atoms with Crippen LogP contribution in [0, 0.1) is 0 Å². The van der Waals surface area contributed by atoms with Crippen LogP contribution >= 0.6 is 11.8 Å². The Morgan fingerprint density at radius 1 is 1.32 bits per heavy atom. The Hall–Kier alpha value is -2.35. The number of carbonyl (C=O) groups is 2. The molecule has 134 valence electrons. The molecular formula is C17H21N3O4S. The molecule has 0 radical (unpaired) electrons. The SMILES string of the molecule is CCCCn1c(SCC(=O)NCC(=O)OC)nc2ccccc2c1=O. The molecule has 1 aromatic heterocycles. The van der Waals surface area contributed by atoms with E-state index in [0.29, 0.717) is 22.6 Å². The van der Waals surface area contributed by atoms with Crippen molar-refractivity contribution in [3.8, 4) is 0 Å². The minimum absolute atomic E-state index is 0.0634. The molecule has 0 spiro atoms. The van der Waals surface area contributed by atoms with Crippen molar-refractivity contribution in [1.82, 2.24) is 14.9 Å². The maximum Gasteiger partial charge on any atom is 0.325 e. The molecule has 0 unspecified atom stereocenters. The molecule has 0 atom stereocenters. The zero-order chi connectivity index (χ0) is 18.2. The maximum atomic E-state index is 12.7. The summed E-state index contributed by atoms with van der Waals surface area (Å²) in [6, 6.07) is 7.16. The van der Waals surface area contributed by atoms with E-state index in [2.05, 4.69) is 15.0 Å². The quantitative estimate of drug-likeness (QED) is 0.435. The highest BCUT2D eigenvalue weighted by Gasteiger charge is 2.13. The third-order valence-electron chi connectivity index (χ3n) is 3.55. The maximum absolute atomic E-state index is 12.7. The summed E-state index contributed by atoms with van der Waals surface area (Å²) in [5.74, 6) is -0.768. The number of ether oxygens (including phenoxy) is 1. The van der Waals surface area contributed by atoms with Gasteiger partial charge in [-0.05, 0) is 18.6 Å². The van der Waals surface area contributed by atoms with E-state index in [1.165, 1.54) is 18.9 Å². The van der Waals surface area contributed by atoms with E-state index in [1.54, 1.807) is 16.7 Å². The first kappa shape index (κ1) is 19.0. The summed E-state index contributed by atoms with van der Waals surface area (Å²) >= 11 is 1.18. The number of thioether (sulfide) groups is 1. The minimum Gasteiger partial charge on any atom is -0.468 e. The van der Waals surface area contributed by atoms with Crippen LogP contribution in [-0.2, 0) is 20.9 Å². The van der Waals surface area contributed by atoms with Crippen LogP contribution in [0.15, 0.2) is 34.2 Å². The molecule has 0 aliphatic heterocycles. The van der Waals surface area contributed by atoms with Gasteiger partial charge in [0.05, 0.1) is 23.8 Å². The molecule has 1 amide bonds. The van der Waals surface area contributed by atoms with Crippen molar-refractivity contribution < 1.29 is 14.3 Å². The van der Waals surface area contributed by atoms with Gasteiger partial charge in [-0.1, -0.05) is 37.2 Å². The normalized spacial score (nSPS) is 10.6. The molecule has 25 heavy (non-hydrogen) atoms. The standard InChI is InChI=1S/C17H21N3O4S/c1-3-4-9-20-16(23)12-7-5-6-8-13(12)19-17(20)25-11-14(21)18-10-15(22)24-2/h5-8H,3-4,9-11H2,1-2H3,(H,18,21). The summed E-state index contributed by atoms with van der Waals surface area (Å²) in [6.07, 6.45) is 1.80. The number of hydrogen-bond acceptors (Lipinski definition) is 6. The molecule has 1 heterocycles. The van der Waals surface area contributed by atoms with Crippen LogP contribution in [0.25, 0.3) is 10.9 Å². The lowest BCUT2D eigenvalue weighted by Crippen LogP contribution is -2.31. The third-order valence-corrected chi connectivity index (χ3v) is 4.53. The van der Waals surface area contributed by atoms with Crippen molar-refractivity contribution in [2.24, 2.45) is 0 Å². The van der Waals surface area contributed by atoms with Gasteiger partial charge >= 0.3 is 5.97 Å². The van der Waals surface area contributed by atoms with E-state index >= 15 is 0 Å². The van der Waals surface area contributed by atoms with Crippen molar-refractivity contribution in [2.45, 2.75) is 31.5 Å². The Kier molecular flexibility index (Phi) is 7.00. The smallest absolute Gasteiger partial charge is 0.325 e. The lowest BCUT2D eigenvalue weighted by molar-refractivity contribution is -0.140. The van der Waals surface area contributed by atoms with Gasteiger partial charge in [-0.25, -0.2) is 4.98 Å². The third kappa shape index (κ3) is 5.06. The number of hydrogen-bond donors (Lipinski definition) is 1. The molecule has 0 saturated heterocycles. The molecule has 0 aliphatic rings. The highest BCUT2D eigenvalue weighted by Crippen LogP contribution is 2.18. The molecule has 1 aromatic carbocycles. The Morgan fingerprint density at radius 3 is 2.80 bits per heavy atom. The molecule has 0 fully saturated rings. The summed E-state index contributed by atoms with van der Waals surface area (Å²) < 4.78 is 6.09. The van der Waals surface area contributed by atoms with Crippen molar-refractivity contribution in [1.29, 1.82) is 0 Å². The van der Waals surface area contributed by atoms with Gasteiger partial charge in [-0.15, -0.1) is 0 Å². The molecule has 2 rings (SSSR count).